The minimum atomic E-state index is -4.40. The van der Waals surface area contributed by atoms with E-state index in [4.69, 9.17) is 0 Å². The van der Waals surface area contributed by atoms with E-state index in [0.717, 1.165) is 57.2 Å². The molecule has 150 valence electrons. The first-order valence-corrected chi connectivity index (χ1v) is 11.5. The van der Waals surface area contributed by atoms with E-state index in [2.05, 4.69) is 9.88 Å². The smallest absolute Gasteiger partial charge is 0.300 e. The molecule has 4 rings (SSSR count). The van der Waals surface area contributed by atoms with Crippen molar-refractivity contribution in [1.82, 2.24) is 9.88 Å². The van der Waals surface area contributed by atoms with E-state index in [1.54, 1.807) is 6.07 Å². The number of likely N-dealkylation sites (tertiary alicyclic amines) is 1. The molecular formula is C19H25F3N2O2S. The molecule has 0 amide bonds. The van der Waals surface area contributed by atoms with Crippen molar-refractivity contribution in [3.8, 4) is 0 Å². The lowest BCUT2D eigenvalue weighted by atomic mass is 9.78. The molecule has 0 bridgehead atoms. The molecule has 1 spiro atoms. The van der Waals surface area contributed by atoms with Crippen molar-refractivity contribution in [2.75, 3.05) is 24.6 Å². The van der Waals surface area contributed by atoms with Crippen LogP contribution >= 0.6 is 0 Å². The van der Waals surface area contributed by atoms with Gasteiger partial charge in [-0.1, -0.05) is 0 Å². The summed E-state index contributed by atoms with van der Waals surface area (Å²) in [7, 11) is -2.83. The molecule has 27 heavy (non-hydrogen) atoms. The van der Waals surface area contributed by atoms with Crippen molar-refractivity contribution in [1.29, 1.82) is 0 Å². The van der Waals surface area contributed by atoms with Crippen LogP contribution in [0.4, 0.5) is 13.2 Å². The fraction of sp³-hybridized carbons (Fsp3) is 0.737. The molecule has 0 atom stereocenters. The van der Waals surface area contributed by atoms with Crippen LogP contribution in [0, 0.1) is 5.41 Å². The van der Waals surface area contributed by atoms with Crippen LogP contribution in [0.2, 0.25) is 0 Å². The van der Waals surface area contributed by atoms with E-state index < -0.39 is 21.7 Å². The Kier molecular flexibility index (Phi) is 4.78. The summed E-state index contributed by atoms with van der Waals surface area (Å²) in [5.41, 5.74) is -0.122. The van der Waals surface area contributed by atoms with Gasteiger partial charge in [-0.2, -0.15) is 13.2 Å². The second-order valence-corrected chi connectivity index (χ2v) is 10.6. The summed E-state index contributed by atoms with van der Waals surface area (Å²) in [6.45, 7) is 1.86. The summed E-state index contributed by atoms with van der Waals surface area (Å²) in [6, 6.07) is 3.32. The Balaban J connectivity index is 1.37. The maximum absolute atomic E-state index is 12.9. The molecule has 3 heterocycles. The van der Waals surface area contributed by atoms with Crippen LogP contribution in [0.25, 0.3) is 0 Å². The second kappa shape index (κ2) is 6.72. The topological polar surface area (TPSA) is 50.3 Å². The second-order valence-electron chi connectivity index (χ2n) is 8.58. The van der Waals surface area contributed by atoms with Crippen LogP contribution in [0.3, 0.4) is 0 Å². The minimum absolute atomic E-state index is 0.0410. The van der Waals surface area contributed by atoms with Crippen molar-refractivity contribution in [3.05, 3.63) is 29.6 Å². The molecular weight excluding hydrogens is 377 g/mol. The predicted molar refractivity (Wildman–Crippen MR) is 96.1 cm³/mol. The number of alkyl halides is 3. The van der Waals surface area contributed by atoms with E-state index in [0.29, 0.717) is 17.5 Å². The highest BCUT2D eigenvalue weighted by Gasteiger charge is 2.51. The Morgan fingerprint density at radius 1 is 1.15 bits per heavy atom. The molecule has 1 aliphatic carbocycles. The molecule has 0 aromatic carbocycles. The number of piperidine rings is 1. The van der Waals surface area contributed by atoms with Crippen LogP contribution in [0.15, 0.2) is 18.3 Å². The molecule has 0 N–H and O–H groups in total. The third kappa shape index (κ3) is 4.01. The minimum Gasteiger partial charge on any atom is -0.300 e. The van der Waals surface area contributed by atoms with Crippen LogP contribution in [-0.4, -0.2) is 48.9 Å². The highest BCUT2D eigenvalue weighted by molar-refractivity contribution is 7.92. The van der Waals surface area contributed by atoms with Crippen LogP contribution < -0.4 is 0 Å². The Hall–Kier alpha value is -1.15. The van der Waals surface area contributed by atoms with E-state index in [1.807, 2.05) is 0 Å². The number of rotatable bonds is 2. The van der Waals surface area contributed by atoms with Gasteiger partial charge in [-0.3, -0.25) is 9.88 Å². The highest BCUT2D eigenvalue weighted by Crippen LogP contribution is 2.43. The summed E-state index contributed by atoms with van der Waals surface area (Å²) in [5, 5.41) is 0. The molecule has 1 aromatic rings. The van der Waals surface area contributed by atoms with E-state index in [1.165, 1.54) is 12.3 Å². The summed E-state index contributed by atoms with van der Waals surface area (Å²) in [4.78, 5) is 5.90. The Bertz CT molecular complexity index is 789. The molecule has 3 aliphatic rings. The molecule has 2 saturated heterocycles. The average Bonchev–Trinajstić information content (AvgIpc) is 2.60. The first-order chi connectivity index (χ1) is 12.7. The summed E-state index contributed by atoms with van der Waals surface area (Å²) < 4.78 is 62.0. The summed E-state index contributed by atoms with van der Waals surface area (Å²) in [6.07, 6.45) is 2.54. The fourth-order valence-corrected chi connectivity index (χ4v) is 7.57. The first kappa shape index (κ1) is 19.2. The monoisotopic (exact) mass is 402 g/mol. The van der Waals surface area contributed by atoms with E-state index in [9.17, 15) is 21.6 Å². The average molecular weight is 402 g/mol. The predicted octanol–water partition coefficient (Wildman–Crippen LogP) is 3.64. The zero-order valence-corrected chi connectivity index (χ0v) is 16.0. The van der Waals surface area contributed by atoms with Gasteiger partial charge in [0.15, 0.2) is 9.84 Å². The van der Waals surface area contributed by atoms with Gasteiger partial charge in [0, 0.05) is 24.2 Å². The number of hydrogen-bond donors (Lipinski definition) is 0. The Morgan fingerprint density at radius 3 is 2.48 bits per heavy atom. The molecule has 0 unspecified atom stereocenters. The Labute approximate surface area is 158 Å². The Morgan fingerprint density at radius 2 is 1.85 bits per heavy atom. The van der Waals surface area contributed by atoms with E-state index in [-0.39, 0.29) is 11.3 Å². The van der Waals surface area contributed by atoms with E-state index >= 15 is 0 Å². The van der Waals surface area contributed by atoms with Gasteiger partial charge >= 0.3 is 6.18 Å². The lowest BCUT2D eigenvalue weighted by Gasteiger charge is -2.51. The lowest BCUT2D eigenvalue weighted by Crippen LogP contribution is -2.59. The molecule has 8 heteroatoms. The van der Waals surface area contributed by atoms with Crippen molar-refractivity contribution >= 4 is 9.84 Å². The van der Waals surface area contributed by atoms with Gasteiger partial charge in [0.05, 0.1) is 11.5 Å². The first-order valence-electron chi connectivity index (χ1n) is 9.64. The molecule has 0 radical (unpaired) electrons. The third-order valence-corrected chi connectivity index (χ3v) is 8.61. The van der Waals surface area contributed by atoms with Crippen molar-refractivity contribution < 1.29 is 21.6 Å². The van der Waals surface area contributed by atoms with Gasteiger partial charge in [0.1, 0.15) is 5.69 Å². The number of pyridine rings is 1. The van der Waals surface area contributed by atoms with Crippen LogP contribution in [-0.2, 0) is 16.0 Å². The SMILES string of the molecule is O=S1(=O)CC2(CCCN([C@H]3CC[C@H](c4ccnc(C(F)(F)F)c4)CC3)C2)C1. The molecule has 1 aromatic heterocycles. The van der Waals surface area contributed by atoms with Gasteiger partial charge in [-0.05, 0) is 68.7 Å². The zero-order chi connectivity index (χ0) is 19.3. The zero-order valence-electron chi connectivity index (χ0n) is 15.2. The maximum Gasteiger partial charge on any atom is 0.433 e. The third-order valence-electron chi connectivity index (χ3n) is 6.50. The lowest BCUT2D eigenvalue weighted by molar-refractivity contribution is -0.141. The van der Waals surface area contributed by atoms with Crippen molar-refractivity contribution in [3.63, 3.8) is 0 Å². The van der Waals surface area contributed by atoms with Gasteiger partial charge < -0.3 is 0 Å². The van der Waals surface area contributed by atoms with Crippen molar-refractivity contribution in [2.45, 2.75) is 56.7 Å². The largest absolute Gasteiger partial charge is 0.433 e. The fourth-order valence-electron chi connectivity index (χ4n) is 5.31. The number of nitrogens with zero attached hydrogens (tertiary/aromatic N) is 2. The normalized spacial score (nSPS) is 30.8. The highest BCUT2D eigenvalue weighted by atomic mass is 32.2. The number of aromatic nitrogens is 1. The quantitative estimate of drug-likeness (QED) is 0.758. The molecule has 4 nitrogen and oxygen atoms in total. The molecule has 3 fully saturated rings. The van der Waals surface area contributed by atoms with Gasteiger partial charge in [-0.15, -0.1) is 0 Å². The van der Waals surface area contributed by atoms with Gasteiger partial charge in [-0.25, -0.2) is 8.42 Å². The maximum atomic E-state index is 12.9. The number of halogens is 3. The molecule has 1 saturated carbocycles. The van der Waals surface area contributed by atoms with Crippen molar-refractivity contribution in [2.24, 2.45) is 5.41 Å². The number of sulfone groups is 1. The summed E-state index contributed by atoms with van der Waals surface area (Å²) >= 11 is 0. The summed E-state index contributed by atoms with van der Waals surface area (Å²) in [5.74, 6) is 0.791. The van der Waals surface area contributed by atoms with Crippen LogP contribution in [0.1, 0.15) is 55.7 Å². The molecule has 2 aliphatic heterocycles. The van der Waals surface area contributed by atoms with Crippen LogP contribution in [0.5, 0.6) is 0 Å². The standard InChI is InChI=1S/C19H25F3N2O2S/c20-19(21,22)17-10-15(6-8-23-17)14-2-4-16(5-3-14)24-9-1-7-18(11-24)12-27(25,26)13-18/h6,8,10,14,16H,1-5,7,9,11-13H2/t14-,16-. The van der Waals surface area contributed by atoms with Gasteiger partial charge in [0.2, 0.25) is 0 Å². The number of hydrogen-bond acceptors (Lipinski definition) is 4. The van der Waals surface area contributed by atoms with Gasteiger partial charge in [0.25, 0.3) is 0 Å².